The normalized spacial score (nSPS) is 17.6. The van der Waals surface area contributed by atoms with Crippen LogP contribution in [0.5, 0.6) is 0 Å². The Hall–Kier alpha value is -2.14. The van der Waals surface area contributed by atoms with Crippen LogP contribution in [0.2, 0.25) is 0 Å². The molecule has 0 fully saturated rings. The van der Waals surface area contributed by atoms with Crippen molar-refractivity contribution in [3.05, 3.63) is 71.2 Å². The highest BCUT2D eigenvalue weighted by molar-refractivity contribution is 7.89. The highest BCUT2D eigenvalue weighted by atomic mass is 32.2. The van der Waals surface area contributed by atoms with Crippen LogP contribution < -0.4 is 0 Å². The van der Waals surface area contributed by atoms with Crippen LogP contribution in [-0.2, 0) is 16.4 Å². The number of nitrogens with zero attached hydrogens (tertiary/aromatic N) is 2. The van der Waals surface area contributed by atoms with Crippen molar-refractivity contribution in [2.24, 2.45) is 5.92 Å². The van der Waals surface area contributed by atoms with Gasteiger partial charge >= 0.3 is 0 Å². The van der Waals surface area contributed by atoms with E-state index in [1.807, 2.05) is 37.3 Å². The number of rotatable bonds is 7. The van der Waals surface area contributed by atoms with E-state index in [4.69, 9.17) is 0 Å². The molecule has 5 heteroatoms. The standard InChI is InChI=1S/C22H28N2O2S/c1-4-5-9-21-18(3)16-24(22(21)15-19-8-6-7-14-23-19)27(25,26)20-12-10-17(2)11-13-20/h6-8,10-14,18H,4-5,9,15-16H2,1-3H3. The third-order valence-electron chi connectivity index (χ3n) is 5.19. The number of allylic oxidation sites excluding steroid dienone is 1. The molecule has 2 aromatic rings. The quantitative estimate of drug-likeness (QED) is 0.694. The first-order valence-electron chi connectivity index (χ1n) is 9.64. The van der Waals surface area contributed by atoms with Crippen LogP contribution in [0.3, 0.4) is 0 Å². The minimum Gasteiger partial charge on any atom is -0.269 e. The van der Waals surface area contributed by atoms with Crippen molar-refractivity contribution in [1.82, 2.24) is 9.29 Å². The fraction of sp³-hybridized carbons (Fsp3) is 0.409. The van der Waals surface area contributed by atoms with Crippen LogP contribution in [0.25, 0.3) is 0 Å². The molecule has 1 atom stereocenters. The van der Waals surface area contributed by atoms with Gasteiger partial charge in [0, 0.05) is 30.6 Å². The maximum atomic E-state index is 13.4. The second kappa shape index (κ2) is 8.26. The largest absolute Gasteiger partial charge is 0.269 e. The summed E-state index contributed by atoms with van der Waals surface area (Å²) in [6.45, 7) is 6.77. The fourth-order valence-corrected chi connectivity index (χ4v) is 5.25. The maximum Gasteiger partial charge on any atom is 0.264 e. The van der Waals surface area contributed by atoms with E-state index in [1.165, 1.54) is 5.57 Å². The first-order chi connectivity index (χ1) is 12.9. The molecular weight excluding hydrogens is 356 g/mol. The van der Waals surface area contributed by atoms with Crippen LogP contribution in [0, 0.1) is 12.8 Å². The Balaban J connectivity index is 2.01. The van der Waals surface area contributed by atoms with E-state index < -0.39 is 10.0 Å². The van der Waals surface area contributed by atoms with Gasteiger partial charge in [-0.05, 0) is 55.5 Å². The average molecular weight is 385 g/mol. The third-order valence-corrected chi connectivity index (χ3v) is 7.01. The van der Waals surface area contributed by atoms with Crippen LogP contribution >= 0.6 is 0 Å². The molecule has 0 saturated carbocycles. The van der Waals surface area contributed by atoms with Gasteiger partial charge in [-0.15, -0.1) is 0 Å². The minimum absolute atomic E-state index is 0.232. The number of sulfonamides is 1. The molecule has 0 amide bonds. The summed E-state index contributed by atoms with van der Waals surface area (Å²) in [6.07, 6.45) is 5.43. The Bertz CT molecular complexity index is 903. The van der Waals surface area contributed by atoms with E-state index in [0.717, 1.165) is 36.2 Å². The third kappa shape index (κ3) is 4.24. The number of benzene rings is 1. The van der Waals surface area contributed by atoms with E-state index in [1.54, 1.807) is 22.6 Å². The average Bonchev–Trinajstić information content (AvgIpc) is 2.97. The van der Waals surface area contributed by atoms with Crippen LogP contribution in [0.15, 0.2) is 64.8 Å². The zero-order chi connectivity index (χ0) is 19.4. The number of aromatic nitrogens is 1. The smallest absolute Gasteiger partial charge is 0.264 e. The van der Waals surface area contributed by atoms with Gasteiger partial charge in [0.25, 0.3) is 10.0 Å². The molecule has 1 aliphatic heterocycles. The number of aryl methyl sites for hydroxylation is 1. The SMILES string of the molecule is CCCCC1=C(Cc2ccccn2)N(S(=O)(=O)c2ccc(C)cc2)CC1C. The Kier molecular flexibility index (Phi) is 6.00. The van der Waals surface area contributed by atoms with Gasteiger partial charge in [0.2, 0.25) is 0 Å². The topological polar surface area (TPSA) is 50.3 Å². The molecule has 144 valence electrons. The number of hydrogen-bond acceptors (Lipinski definition) is 3. The lowest BCUT2D eigenvalue weighted by Gasteiger charge is -2.23. The Morgan fingerprint density at radius 3 is 2.52 bits per heavy atom. The minimum atomic E-state index is -3.57. The molecule has 2 heterocycles. The molecule has 3 rings (SSSR count). The molecule has 0 radical (unpaired) electrons. The predicted octanol–water partition coefficient (Wildman–Crippen LogP) is 4.72. The van der Waals surface area contributed by atoms with Crippen molar-refractivity contribution in [2.75, 3.05) is 6.54 Å². The lowest BCUT2D eigenvalue weighted by molar-refractivity contribution is 0.468. The van der Waals surface area contributed by atoms with Crippen LogP contribution in [0.1, 0.15) is 44.4 Å². The summed E-state index contributed by atoms with van der Waals surface area (Å²) in [6, 6.07) is 12.9. The Labute approximate surface area is 163 Å². The molecule has 0 N–H and O–H groups in total. The molecule has 1 unspecified atom stereocenters. The van der Waals surface area contributed by atoms with Gasteiger partial charge in [-0.25, -0.2) is 8.42 Å². The van der Waals surface area contributed by atoms with Crippen molar-refractivity contribution in [3.8, 4) is 0 Å². The van der Waals surface area contributed by atoms with E-state index >= 15 is 0 Å². The van der Waals surface area contributed by atoms with Crippen molar-refractivity contribution in [2.45, 2.75) is 51.3 Å². The van der Waals surface area contributed by atoms with Crippen molar-refractivity contribution >= 4 is 10.0 Å². The Morgan fingerprint density at radius 2 is 1.89 bits per heavy atom. The molecule has 27 heavy (non-hydrogen) atoms. The molecule has 1 aliphatic rings. The van der Waals surface area contributed by atoms with E-state index in [9.17, 15) is 8.42 Å². The highest BCUT2D eigenvalue weighted by Gasteiger charge is 2.36. The zero-order valence-electron chi connectivity index (χ0n) is 16.4. The molecule has 0 spiro atoms. The van der Waals surface area contributed by atoms with E-state index in [2.05, 4.69) is 18.8 Å². The lowest BCUT2D eigenvalue weighted by atomic mass is 9.96. The number of pyridine rings is 1. The van der Waals surface area contributed by atoms with Crippen LogP contribution in [-0.4, -0.2) is 24.3 Å². The van der Waals surface area contributed by atoms with Crippen molar-refractivity contribution < 1.29 is 8.42 Å². The van der Waals surface area contributed by atoms with Gasteiger partial charge in [0.15, 0.2) is 0 Å². The summed E-state index contributed by atoms with van der Waals surface area (Å²) in [5, 5.41) is 0. The van der Waals surface area contributed by atoms with E-state index in [0.29, 0.717) is 17.9 Å². The summed E-state index contributed by atoms with van der Waals surface area (Å²) in [5.41, 5.74) is 4.13. The molecule has 1 aromatic carbocycles. The number of hydrogen-bond donors (Lipinski definition) is 0. The molecule has 0 bridgehead atoms. The van der Waals surface area contributed by atoms with Crippen molar-refractivity contribution in [1.29, 1.82) is 0 Å². The zero-order valence-corrected chi connectivity index (χ0v) is 17.2. The van der Waals surface area contributed by atoms with Gasteiger partial charge in [-0.2, -0.15) is 0 Å². The number of unbranched alkanes of at least 4 members (excludes halogenated alkanes) is 1. The van der Waals surface area contributed by atoms with E-state index in [-0.39, 0.29) is 5.92 Å². The fourth-order valence-electron chi connectivity index (χ4n) is 3.63. The van der Waals surface area contributed by atoms with Crippen molar-refractivity contribution in [3.63, 3.8) is 0 Å². The molecule has 1 aromatic heterocycles. The Morgan fingerprint density at radius 1 is 1.15 bits per heavy atom. The summed E-state index contributed by atoms with van der Waals surface area (Å²) in [4.78, 5) is 4.78. The summed E-state index contributed by atoms with van der Waals surface area (Å²) in [7, 11) is -3.57. The summed E-state index contributed by atoms with van der Waals surface area (Å²) >= 11 is 0. The molecule has 4 nitrogen and oxygen atoms in total. The highest BCUT2D eigenvalue weighted by Crippen LogP contribution is 2.37. The predicted molar refractivity (Wildman–Crippen MR) is 109 cm³/mol. The first kappa shape index (κ1) is 19.6. The molecular formula is C22H28N2O2S. The molecule has 0 saturated heterocycles. The molecule has 0 aliphatic carbocycles. The summed E-state index contributed by atoms with van der Waals surface area (Å²) < 4.78 is 28.4. The lowest BCUT2D eigenvalue weighted by Crippen LogP contribution is -2.30. The first-order valence-corrected chi connectivity index (χ1v) is 11.1. The monoisotopic (exact) mass is 384 g/mol. The van der Waals surface area contributed by atoms with Gasteiger partial charge in [-0.1, -0.05) is 44.0 Å². The summed E-state index contributed by atoms with van der Waals surface area (Å²) in [5.74, 6) is 0.232. The second-order valence-corrected chi connectivity index (χ2v) is 9.19. The van der Waals surface area contributed by atoms with Gasteiger partial charge in [0.1, 0.15) is 0 Å². The van der Waals surface area contributed by atoms with Crippen LogP contribution in [0.4, 0.5) is 0 Å². The van der Waals surface area contributed by atoms with Gasteiger partial charge in [-0.3, -0.25) is 9.29 Å². The second-order valence-electron chi connectivity index (χ2n) is 7.32. The maximum absolute atomic E-state index is 13.4. The van der Waals surface area contributed by atoms with Gasteiger partial charge < -0.3 is 0 Å². The van der Waals surface area contributed by atoms with Gasteiger partial charge in [0.05, 0.1) is 4.90 Å².